The highest BCUT2D eigenvalue weighted by atomic mass is 35.5. The van der Waals surface area contributed by atoms with E-state index < -0.39 is 0 Å². The molecule has 7 heteroatoms. The lowest BCUT2D eigenvalue weighted by molar-refractivity contribution is 0.0140. The Balaban J connectivity index is 2.14. The van der Waals surface area contributed by atoms with Gasteiger partial charge in [0.15, 0.2) is 6.29 Å². The van der Waals surface area contributed by atoms with Crippen molar-refractivity contribution in [1.29, 1.82) is 0 Å². The molecule has 0 fully saturated rings. The quantitative estimate of drug-likeness (QED) is 0.306. The average molecular weight is 358 g/mol. The van der Waals surface area contributed by atoms with Crippen molar-refractivity contribution in [2.24, 2.45) is 0 Å². The smallest absolute Gasteiger partial charge is 0.254 e. The van der Waals surface area contributed by atoms with Crippen molar-refractivity contribution in [1.82, 2.24) is 4.90 Å². The lowest BCUT2D eigenvalue weighted by atomic mass is 10.1. The zero-order chi connectivity index (χ0) is 17.6. The van der Waals surface area contributed by atoms with Gasteiger partial charge in [0, 0.05) is 25.0 Å². The number of benzene rings is 1. The summed E-state index contributed by atoms with van der Waals surface area (Å²) in [5.41, 5.74) is 0.787. The summed E-state index contributed by atoms with van der Waals surface area (Å²) in [7, 11) is 1.68. The molecule has 0 aromatic heterocycles. The second kappa shape index (κ2) is 12.9. The van der Waals surface area contributed by atoms with E-state index in [1.54, 1.807) is 31.3 Å². The van der Waals surface area contributed by atoms with E-state index in [0.717, 1.165) is 0 Å². The van der Waals surface area contributed by atoms with E-state index in [1.807, 2.05) is 0 Å². The first kappa shape index (κ1) is 20.6. The zero-order valence-electron chi connectivity index (χ0n) is 13.9. The molecule has 0 atom stereocenters. The highest BCUT2D eigenvalue weighted by Crippen LogP contribution is 2.08. The first-order valence-corrected chi connectivity index (χ1v) is 8.33. The second-order valence-corrected chi connectivity index (χ2v) is 5.34. The largest absolute Gasteiger partial charge is 0.378 e. The molecule has 134 valence electrons. The van der Waals surface area contributed by atoms with Crippen LogP contribution in [-0.4, -0.2) is 76.2 Å². The summed E-state index contributed by atoms with van der Waals surface area (Å²) in [4.78, 5) is 24.8. The van der Waals surface area contributed by atoms with E-state index in [0.29, 0.717) is 69.5 Å². The predicted molar refractivity (Wildman–Crippen MR) is 92.0 cm³/mol. The highest BCUT2D eigenvalue weighted by Gasteiger charge is 2.14. The van der Waals surface area contributed by atoms with Crippen molar-refractivity contribution in [3.8, 4) is 0 Å². The molecular formula is C17H24ClNO5. The van der Waals surface area contributed by atoms with Gasteiger partial charge in [-0.25, -0.2) is 0 Å². The van der Waals surface area contributed by atoms with Gasteiger partial charge in [0.05, 0.1) is 45.2 Å². The van der Waals surface area contributed by atoms with Crippen LogP contribution in [0.1, 0.15) is 20.7 Å². The molecule has 0 aliphatic heterocycles. The molecule has 0 saturated heterocycles. The standard InChI is InChI=1S/C17H24ClNO5/c1-19(17(21)16-5-3-2-4-15(16)14-20)7-9-23-11-13-24-12-10-22-8-6-18/h2-5,14H,6-13H2,1H3. The fourth-order valence-electron chi connectivity index (χ4n) is 1.90. The molecule has 1 rings (SSSR count). The molecular weight excluding hydrogens is 334 g/mol. The van der Waals surface area contributed by atoms with Crippen LogP contribution < -0.4 is 0 Å². The number of hydrogen-bond donors (Lipinski definition) is 0. The van der Waals surface area contributed by atoms with Crippen LogP contribution in [0, 0.1) is 0 Å². The normalized spacial score (nSPS) is 10.6. The van der Waals surface area contributed by atoms with Gasteiger partial charge in [-0.2, -0.15) is 0 Å². The molecule has 24 heavy (non-hydrogen) atoms. The molecule has 0 radical (unpaired) electrons. The molecule has 0 spiro atoms. The van der Waals surface area contributed by atoms with E-state index in [2.05, 4.69) is 0 Å². The third kappa shape index (κ3) is 7.88. The Bertz CT molecular complexity index is 498. The van der Waals surface area contributed by atoms with Gasteiger partial charge >= 0.3 is 0 Å². The predicted octanol–water partition coefficient (Wildman–Crippen LogP) is 1.86. The van der Waals surface area contributed by atoms with Crippen LogP contribution in [0.4, 0.5) is 0 Å². The van der Waals surface area contributed by atoms with Gasteiger partial charge in [-0.15, -0.1) is 11.6 Å². The number of aldehydes is 1. The van der Waals surface area contributed by atoms with Gasteiger partial charge in [-0.1, -0.05) is 18.2 Å². The maximum atomic E-state index is 12.3. The van der Waals surface area contributed by atoms with Gasteiger partial charge < -0.3 is 19.1 Å². The van der Waals surface area contributed by atoms with Gasteiger partial charge in [0.2, 0.25) is 0 Å². The molecule has 6 nitrogen and oxygen atoms in total. The summed E-state index contributed by atoms with van der Waals surface area (Å²) in [6, 6.07) is 6.73. The number of amides is 1. The summed E-state index contributed by atoms with van der Waals surface area (Å²) in [6.07, 6.45) is 0.686. The van der Waals surface area contributed by atoms with Crippen molar-refractivity contribution in [2.45, 2.75) is 0 Å². The van der Waals surface area contributed by atoms with Crippen LogP contribution in [0.15, 0.2) is 24.3 Å². The minimum atomic E-state index is -0.200. The number of nitrogens with zero attached hydrogens (tertiary/aromatic N) is 1. The molecule has 0 bridgehead atoms. The minimum Gasteiger partial charge on any atom is -0.378 e. The van der Waals surface area contributed by atoms with Crippen LogP contribution in [0.3, 0.4) is 0 Å². The number of rotatable bonds is 13. The number of carbonyl (C=O) groups excluding carboxylic acids is 2. The summed E-state index contributed by atoms with van der Waals surface area (Å²) < 4.78 is 15.9. The van der Waals surface area contributed by atoms with Gasteiger partial charge in [0.1, 0.15) is 0 Å². The highest BCUT2D eigenvalue weighted by molar-refractivity contribution is 6.17. The SMILES string of the molecule is CN(CCOCCOCCOCCCl)C(=O)c1ccccc1C=O. The summed E-state index contributed by atoms with van der Waals surface area (Å²) in [5, 5.41) is 0. The van der Waals surface area contributed by atoms with Crippen molar-refractivity contribution in [3.05, 3.63) is 35.4 Å². The van der Waals surface area contributed by atoms with Crippen LogP contribution >= 0.6 is 11.6 Å². The average Bonchev–Trinajstić information content (AvgIpc) is 2.62. The first-order chi connectivity index (χ1) is 11.7. The maximum Gasteiger partial charge on any atom is 0.254 e. The number of hydrogen-bond acceptors (Lipinski definition) is 5. The molecule has 0 heterocycles. The van der Waals surface area contributed by atoms with Crippen LogP contribution in [0.5, 0.6) is 0 Å². The Morgan fingerprint density at radius 2 is 1.62 bits per heavy atom. The van der Waals surface area contributed by atoms with Crippen molar-refractivity contribution in [2.75, 3.05) is 59.1 Å². The Morgan fingerprint density at radius 3 is 2.25 bits per heavy atom. The zero-order valence-corrected chi connectivity index (χ0v) is 14.7. The fraction of sp³-hybridized carbons (Fsp3) is 0.529. The molecule has 0 saturated carbocycles. The summed E-state index contributed by atoms with van der Waals surface area (Å²) >= 11 is 5.47. The molecule has 1 amide bonds. The first-order valence-electron chi connectivity index (χ1n) is 7.79. The van der Waals surface area contributed by atoms with Crippen LogP contribution in [-0.2, 0) is 14.2 Å². The van der Waals surface area contributed by atoms with E-state index >= 15 is 0 Å². The van der Waals surface area contributed by atoms with E-state index in [4.69, 9.17) is 25.8 Å². The van der Waals surface area contributed by atoms with E-state index in [-0.39, 0.29) is 5.91 Å². The second-order valence-electron chi connectivity index (χ2n) is 4.96. The van der Waals surface area contributed by atoms with Crippen LogP contribution in [0.25, 0.3) is 0 Å². The number of ether oxygens (including phenoxy) is 3. The Kier molecular flexibility index (Phi) is 11.1. The summed E-state index contributed by atoms with van der Waals surface area (Å²) in [5.74, 6) is 0.279. The Morgan fingerprint density at radius 1 is 1.04 bits per heavy atom. The van der Waals surface area contributed by atoms with Crippen molar-refractivity contribution < 1.29 is 23.8 Å². The molecule has 1 aromatic rings. The van der Waals surface area contributed by atoms with Gasteiger partial charge in [-0.3, -0.25) is 9.59 Å². The topological polar surface area (TPSA) is 65.1 Å². The number of alkyl halides is 1. The number of likely N-dealkylation sites (N-methyl/N-ethyl adjacent to an activating group) is 1. The van der Waals surface area contributed by atoms with Crippen LogP contribution in [0.2, 0.25) is 0 Å². The molecule has 0 aliphatic carbocycles. The van der Waals surface area contributed by atoms with Crippen molar-refractivity contribution >= 4 is 23.8 Å². The Hall–Kier alpha value is -1.47. The number of halogens is 1. The van der Waals surface area contributed by atoms with Crippen molar-refractivity contribution in [3.63, 3.8) is 0 Å². The fourth-order valence-corrected chi connectivity index (χ4v) is 2.01. The monoisotopic (exact) mass is 357 g/mol. The molecule has 0 aliphatic rings. The van der Waals surface area contributed by atoms with E-state index in [9.17, 15) is 9.59 Å². The molecule has 1 aromatic carbocycles. The lowest BCUT2D eigenvalue weighted by Crippen LogP contribution is -2.31. The third-order valence-corrected chi connectivity index (χ3v) is 3.36. The molecule has 0 N–H and O–H groups in total. The van der Waals surface area contributed by atoms with Gasteiger partial charge in [0.25, 0.3) is 5.91 Å². The number of carbonyl (C=O) groups is 2. The molecule has 0 unspecified atom stereocenters. The Labute approximate surface area is 147 Å². The summed E-state index contributed by atoms with van der Waals surface area (Å²) in [6.45, 7) is 3.29. The minimum absolute atomic E-state index is 0.200. The van der Waals surface area contributed by atoms with Gasteiger partial charge in [-0.05, 0) is 6.07 Å². The van der Waals surface area contributed by atoms with E-state index in [1.165, 1.54) is 4.90 Å². The third-order valence-electron chi connectivity index (χ3n) is 3.20. The maximum absolute atomic E-state index is 12.3. The lowest BCUT2D eigenvalue weighted by Gasteiger charge is -2.18.